The number of hydrogen-bond acceptors (Lipinski definition) is 5. The van der Waals surface area contributed by atoms with E-state index in [0.717, 1.165) is 24.4 Å². The van der Waals surface area contributed by atoms with Crippen molar-refractivity contribution in [2.75, 3.05) is 45.3 Å². The van der Waals surface area contributed by atoms with Crippen molar-refractivity contribution in [3.05, 3.63) is 53.9 Å². The maximum Gasteiger partial charge on any atom is 0.272 e. The van der Waals surface area contributed by atoms with Gasteiger partial charge in [-0.05, 0) is 36.2 Å². The third-order valence-electron chi connectivity index (χ3n) is 4.16. The van der Waals surface area contributed by atoms with Crippen LogP contribution in [0.25, 0.3) is 0 Å². The molecule has 0 saturated carbocycles. The molecule has 1 saturated heterocycles. The summed E-state index contributed by atoms with van der Waals surface area (Å²) in [6.45, 7) is 3.22. The van der Waals surface area contributed by atoms with Crippen LogP contribution in [-0.2, 0) is 11.2 Å². The topological polar surface area (TPSA) is 63.7 Å². The van der Waals surface area contributed by atoms with Gasteiger partial charge in [0.05, 0.1) is 32.2 Å². The van der Waals surface area contributed by atoms with Crippen LogP contribution >= 0.6 is 0 Å². The van der Waals surface area contributed by atoms with Crippen LogP contribution in [0.1, 0.15) is 16.1 Å². The number of carbonyl (C=O) groups is 1. The molecule has 6 nitrogen and oxygen atoms in total. The quantitative estimate of drug-likeness (QED) is 0.873. The SMILES string of the molecule is COc1cccc(CCNc2ccc(C(=O)N3CCOCC3)nc2)c1. The molecule has 1 aromatic carbocycles. The summed E-state index contributed by atoms with van der Waals surface area (Å²) in [5.41, 5.74) is 2.58. The van der Waals surface area contributed by atoms with Crippen molar-refractivity contribution in [1.82, 2.24) is 9.88 Å². The zero-order chi connectivity index (χ0) is 17.5. The van der Waals surface area contributed by atoms with Crippen molar-refractivity contribution in [2.24, 2.45) is 0 Å². The molecular formula is C19H23N3O3. The summed E-state index contributed by atoms with van der Waals surface area (Å²) in [5.74, 6) is 0.830. The standard InChI is InChI=1S/C19H23N3O3/c1-24-17-4-2-3-15(13-17)7-8-20-16-5-6-18(21-14-16)19(23)22-9-11-25-12-10-22/h2-6,13-14,20H,7-12H2,1H3. The minimum atomic E-state index is -0.0359. The van der Waals surface area contributed by atoms with E-state index in [2.05, 4.69) is 16.4 Å². The van der Waals surface area contributed by atoms with E-state index in [-0.39, 0.29) is 5.91 Å². The average molecular weight is 341 g/mol. The minimum absolute atomic E-state index is 0.0359. The van der Waals surface area contributed by atoms with Crippen LogP contribution in [0, 0.1) is 0 Å². The minimum Gasteiger partial charge on any atom is -0.497 e. The fraction of sp³-hybridized carbons (Fsp3) is 0.368. The van der Waals surface area contributed by atoms with Gasteiger partial charge in [-0.25, -0.2) is 4.98 Å². The number of ether oxygens (including phenoxy) is 2. The third kappa shape index (κ3) is 4.70. The Morgan fingerprint density at radius 1 is 1.28 bits per heavy atom. The molecule has 3 rings (SSSR count). The lowest BCUT2D eigenvalue weighted by atomic mass is 10.1. The first-order valence-electron chi connectivity index (χ1n) is 8.46. The summed E-state index contributed by atoms with van der Waals surface area (Å²) in [6, 6.07) is 11.7. The molecule has 0 bridgehead atoms. The molecule has 25 heavy (non-hydrogen) atoms. The van der Waals surface area contributed by atoms with Crippen LogP contribution < -0.4 is 10.1 Å². The number of anilines is 1. The van der Waals surface area contributed by atoms with Gasteiger partial charge in [0, 0.05) is 19.6 Å². The molecule has 0 spiro atoms. The summed E-state index contributed by atoms with van der Waals surface area (Å²) >= 11 is 0. The molecule has 0 radical (unpaired) electrons. The zero-order valence-electron chi connectivity index (χ0n) is 14.4. The van der Waals surface area contributed by atoms with E-state index in [1.54, 1.807) is 24.3 Å². The maximum absolute atomic E-state index is 12.3. The van der Waals surface area contributed by atoms with Gasteiger partial charge in [-0.2, -0.15) is 0 Å². The van der Waals surface area contributed by atoms with Gasteiger partial charge >= 0.3 is 0 Å². The Morgan fingerprint density at radius 3 is 2.84 bits per heavy atom. The number of carbonyl (C=O) groups excluding carboxylic acids is 1. The first kappa shape index (κ1) is 17.2. The number of pyridine rings is 1. The molecule has 0 unspecified atom stereocenters. The predicted molar refractivity (Wildman–Crippen MR) is 96.1 cm³/mol. The lowest BCUT2D eigenvalue weighted by Gasteiger charge is -2.26. The highest BCUT2D eigenvalue weighted by Gasteiger charge is 2.19. The van der Waals surface area contributed by atoms with E-state index in [1.165, 1.54) is 5.56 Å². The van der Waals surface area contributed by atoms with Gasteiger partial charge in [-0.1, -0.05) is 12.1 Å². The van der Waals surface area contributed by atoms with Crippen LogP contribution in [0.3, 0.4) is 0 Å². The molecule has 0 atom stereocenters. The fourth-order valence-corrected chi connectivity index (χ4v) is 2.73. The molecule has 2 aromatic rings. The molecule has 132 valence electrons. The number of nitrogens with one attached hydrogen (secondary N) is 1. The lowest BCUT2D eigenvalue weighted by molar-refractivity contribution is 0.0299. The number of methoxy groups -OCH3 is 1. The monoisotopic (exact) mass is 341 g/mol. The molecule has 2 heterocycles. The second-order valence-electron chi connectivity index (χ2n) is 5.86. The van der Waals surface area contributed by atoms with Gasteiger partial charge in [-0.15, -0.1) is 0 Å². The van der Waals surface area contributed by atoms with E-state index >= 15 is 0 Å². The van der Waals surface area contributed by atoms with Gasteiger partial charge < -0.3 is 19.7 Å². The van der Waals surface area contributed by atoms with Crippen LogP contribution in [0.5, 0.6) is 5.75 Å². The molecule has 1 aliphatic rings. The predicted octanol–water partition coefficient (Wildman–Crippen LogP) is 2.22. The molecule has 1 fully saturated rings. The lowest BCUT2D eigenvalue weighted by Crippen LogP contribution is -2.41. The number of amides is 1. The van der Waals surface area contributed by atoms with Crippen LogP contribution in [-0.4, -0.2) is 55.7 Å². The highest BCUT2D eigenvalue weighted by molar-refractivity contribution is 5.92. The van der Waals surface area contributed by atoms with Crippen LogP contribution in [0.2, 0.25) is 0 Å². The number of aromatic nitrogens is 1. The molecule has 1 amide bonds. The normalized spacial score (nSPS) is 14.2. The number of rotatable bonds is 6. The second kappa shape index (κ2) is 8.48. The van der Waals surface area contributed by atoms with Gasteiger partial charge in [0.2, 0.25) is 0 Å². The van der Waals surface area contributed by atoms with E-state index in [4.69, 9.17) is 9.47 Å². The number of morpholine rings is 1. The van der Waals surface area contributed by atoms with Crippen LogP contribution in [0.4, 0.5) is 5.69 Å². The molecular weight excluding hydrogens is 318 g/mol. The van der Waals surface area contributed by atoms with E-state index in [1.807, 2.05) is 24.3 Å². The van der Waals surface area contributed by atoms with Gasteiger partial charge in [0.25, 0.3) is 5.91 Å². The molecule has 0 aliphatic carbocycles. The van der Waals surface area contributed by atoms with Gasteiger partial charge in [-0.3, -0.25) is 4.79 Å². The van der Waals surface area contributed by atoms with Crippen LogP contribution in [0.15, 0.2) is 42.6 Å². The Morgan fingerprint density at radius 2 is 2.12 bits per heavy atom. The van der Waals surface area contributed by atoms with Crippen molar-refractivity contribution in [2.45, 2.75) is 6.42 Å². The zero-order valence-corrected chi connectivity index (χ0v) is 14.4. The van der Waals surface area contributed by atoms with Crippen molar-refractivity contribution < 1.29 is 14.3 Å². The Kier molecular flexibility index (Phi) is 5.85. The first-order chi connectivity index (χ1) is 12.3. The summed E-state index contributed by atoms with van der Waals surface area (Å²) in [6.07, 6.45) is 2.59. The summed E-state index contributed by atoms with van der Waals surface area (Å²) < 4.78 is 10.5. The summed E-state index contributed by atoms with van der Waals surface area (Å²) in [7, 11) is 1.67. The van der Waals surface area contributed by atoms with Crippen molar-refractivity contribution in [3.8, 4) is 5.75 Å². The largest absolute Gasteiger partial charge is 0.497 e. The highest BCUT2D eigenvalue weighted by atomic mass is 16.5. The summed E-state index contributed by atoms with van der Waals surface area (Å²) in [4.78, 5) is 18.4. The smallest absolute Gasteiger partial charge is 0.272 e. The Balaban J connectivity index is 1.51. The number of nitrogens with zero attached hydrogens (tertiary/aromatic N) is 2. The van der Waals surface area contributed by atoms with Crippen molar-refractivity contribution in [3.63, 3.8) is 0 Å². The van der Waals surface area contributed by atoms with Crippen molar-refractivity contribution in [1.29, 1.82) is 0 Å². The molecule has 1 aromatic heterocycles. The molecule has 1 aliphatic heterocycles. The first-order valence-corrected chi connectivity index (χ1v) is 8.46. The van der Waals surface area contributed by atoms with Gasteiger partial charge in [0.15, 0.2) is 0 Å². The molecule has 1 N–H and O–H groups in total. The Bertz CT molecular complexity index is 697. The van der Waals surface area contributed by atoms with E-state index < -0.39 is 0 Å². The fourth-order valence-electron chi connectivity index (χ4n) is 2.73. The third-order valence-corrected chi connectivity index (χ3v) is 4.16. The summed E-state index contributed by atoms with van der Waals surface area (Å²) in [5, 5.41) is 3.33. The average Bonchev–Trinajstić information content (AvgIpc) is 2.69. The van der Waals surface area contributed by atoms with Crippen molar-refractivity contribution >= 4 is 11.6 Å². The van der Waals surface area contributed by atoms with E-state index in [0.29, 0.717) is 32.0 Å². The van der Waals surface area contributed by atoms with E-state index in [9.17, 15) is 4.79 Å². The number of hydrogen-bond donors (Lipinski definition) is 1. The van der Waals surface area contributed by atoms with Gasteiger partial charge in [0.1, 0.15) is 11.4 Å². The Hall–Kier alpha value is -2.60. The highest BCUT2D eigenvalue weighted by Crippen LogP contribution is 2.14. The Labute approximate surface area is 147 Å². The molecule has 6 heteroatoms. The number of benzene rings is 1. The maximum atomic E-state index is 12.3. The second-order valence-corrected chi connectivity index (χ2v) is 5.86.